The predicted molar refractivity (Wildman–Crippen MR) is 75.2 cm³/mol. The largest absolute Gasteiger partial charge is 0.311 e. The summed E-state index contributed by atoms with van der Waals surface area (Å²) < 4.78 is 0. The van der Waals surface area contributed by atoms with Crippen molar-refractivity contribution in [1.29, 1.82) is 0 Å². The summed E-state index contributed by atoms with van der Waals surface area (Å²) in [5.41, 5.74) is 1.21. The van der Waals surface area contributed by atoms with Gasteiger partial charge in [0, 0.05) is 13.1 Å². The summed E-state index contributed by atoms with van der Waals surface area (Å²) in [6.07, 6.45) is 3.95. The van der Waals surface area contributed by atoms with Crippen molar-refractivity contribution >= 4 is 11.7 Å². The number of aryl methyl sites for hydroxylation is 1. The second kappa shape index (κ2) is 12.7. The number of nitrogens with one attached hydrogen (secondary N) is 1. The second-order valence-electron chi connectivity index (χ2n) is 2.98. The van der Waals surface area contributed by atoms with E-state index in [2.05, 4.69) is 17.2 Å². The molecule has 0 aliphatic heterocycles. The van der Waals surface area contributed by atoms with Crippen LogP contribution in [0, 0.1) is 0 Å². The van der Waals surface area contributed by atoms with Crippen molar-refractivity contribution in [2.75, 3.05) is 5.32 Å². The van der Waals surface area contributed by atoms with E-state index in [0.29, 0.717) is 5.82 Å². The van der Waals surface area contributed by atoms with E-state index < -0.39 is 0 Å². The first-order valence-corrected chi connectivity index (χ1v) is 6.45. The van der Waals surface area contributed by atoms with Gasteiger partial charge in [0.2, 0.25) is 5.91 Å². The van der Waals surface area contributed by atoms with Gasteiger partial charge >= 0.3 is 0 Å². The molecule has 0 unspecified atom stereocenters. The first kappa shape index (κ1) is 18.0. The summed E-state index contributed by atoms with van der Waals surface area (Å²) in [5, 5.41) is 2.62. The summed E-state index contributed by atoms with van der Waals surface area (Å²) >= 11 is 0. The molecule has 1 N–H and O–H groups in total. The molecule has 98 valence electrons. The smallest absolute Gasteiger partial charge is 0.222 e. The van der Waals surface area contributed by atoms with Crippen LogP contribution in [0.3, 0.4) is 0 Å². The molecule has 0 fully saturated rings. The number of hydrogen-bond donors (Lipinski definition) is 1. The van der Waals surface area contributed by atoms with Gasteiger partial charge in [0.15, 0.2) is 0 Å². The lowest BCUT2D eigenvalue weighted by Gasteiger charge is -2.01. The Balaban J connectivity index is 0. The molecule has 0 aliphatic rings. The number of carbonyl (C=O) groups is 1. The molecule has 17 heavy (non-hydrogen) atoms. The molecule has 1 aromatic rings. The SMILES string of the molecule is CC.CC.CCCc1ccc(NC(C)=O)nc1. The molecule has 0 spiro atoms. The fourth-order valence-corrected chi connectivity index (χ4v) is 1.12. The fraction of sp³-hybridized carbons (Fsp3) is 0.571. The van der Waals surface area contributed by atoms with E-state index in [1.807, 2.05) is 39.8 Å². The van der Waals surface area contributed by atoms with Crippen molar-refractivity contribution in [1.82, 2.24) is 4.98 Å². The van der Waals surface area contributed by atoms with Crippen LogP contribution in [-0.4, -0.2) is 10.9 Å². The summed E-state index contributed by atoms with van der Waals surface area (Å²) in [6, 6.07) is 3.81. The molecule has 0 saturated carbocycles. The zero-order valence-electron chi connectivity index (χ0n) is 12.0. The van der Waals surface area contributed by atoms with Gasteiger partial charge in [0.25, 0.3) is 0 Å². The monoisotopic (exact) mass is 238 g/mol. The van der Waals surface area contributed by atoms with Gasteiger partial charge in [0.1, 0.15) is 5.82 Å². The number of aromatic nitrogens is 1. The van der Waals surface area contributed by atoms with Crippen LogP contribution in [0.4, 0.5) is 5.82 Å². The van der Waals surface area contributed by atoms with Crippen molar-refractivity contribution in [2.45, 2.75) is 54.4 Å². The number of hydrogen-bond acceptors (Lipinski definition) is 2. The number of rotatable bonds is 3. The van der Waals surface area contributed by atoms with Crippen molar-refractivity contribution in [3.8, 4) is 0 Å². The van der Waals surface area contributed by atoms with Gasteiger partial charge in [-0.25, -0.2) is 4.98 Å². The van der Waals surface area contributed by atoms with Crippen LogP contribution >= 0.6 is 0 Å². The van der Waals surface area contributed by atoms with Crippen molar-refractivity contribution in [3.63, 3.8) is 0 Å². The van der Waals surface area contributed by atoms with Gasteiger partial charge < -0.3 is 5.32 Å². The highest BCUT2D eigenvalue weighted by Gasteiger charge is 1.96. The van der Waals surface area contributed by atoms with Crippen molar-refractivity contribution in [3.05, 3.63) is 23.9 Å². The topological polar surface area (TPSA) is 42.0 Å². The van der Waals surface area contributed by atoms with Gasteiger partial charge in [-0.15, -0.1) is 0 Å². The lowest BCUT2D eigenvalue weighted by Crippen LogP contribution is -2.07. The van der Waals surface area contributed by atoms with Gasteiger partial charge in [-0.3, -0.25) is 4.79 Å². The highest BCUT2D eigenvalue weighted by atomic mass is 16.1. The van der Waals surface area contributed by atoms with Crippen LogP contribution in [0.5, 0.6) is 0 Å². The Bertz CT molecular complexity index is 281. The van der Waals surface area contributed by atoms with Crippen molar-refractivity contribution < 1.29 is 4.79 Å². The first-order valence-electron chi connectivity index (χ1n) is 6.45. The molecule has 3 nitrogen and oxygen atoms in total. The molecule has 0 saturated heterocycles. The normalized spacial score (nSPS) is 8.12. The van der Waals surface area contributed by atoms with Gasteiger partial charge in [-0.1, -0.05) is 47.1 Å². The van der Waals surface area contributed by atoms with Gasteiger partial charge in [0.05, 0.1) is 0 Å². The quantitative estimate of drug-likeness (QED) is 0.863. The Morgan fingerprint density at radius 1 is 1.24 bits per heavy atom. The number of amides is 1. The van der Waals surface area contributed by atoms with Gasteiger partial charge in [-0.2, -0.15) is 0 Å². The van der Waals surface area contributed by atoms with Crippen LogP contribution in [0.15, 0.2) is 18.3 Å². The van der Waals surface area contributed by atoms with Crippen LogP contribution in [0.2, 0.25) is 0 Å². The van der Waals surface area contributed by atoms with E-state index in [-0.39, 0.29) is 5.91 Å². The molecule has 0 radical (unpaired) electrons. The maximum Gasteiger partial charge on any atom is 0.222 e. The summed E-state index contributed by atoms with van der Waals surface area (Å²) in [5.74, 6) is 0.531. The van der Waals surface area contributed by atoms with E-state index in [1.165, 1.54) is 12.5 Å². The average Bonchev–Trinajstić information content (AvgIpc) is 2.36. The highest BCUT2D eigenvalue weighted by molar-refractivity contribution is 5.87. The van der Waals surface area contributed by atoms with E-state index in [4.69, 9.17) is 0 Å². The number of nitrogens with zero attached hydrogens (tertiary/aromatic N) is 1. The number of carbonyl (C=O) groups excluding carboxylic acids is 1. The lowest BCUT2D eigenvalue weighted by molar-refractivity contribution is -0.114. The Hall–Kier alpha value is -1.38. The molecular formula is C14H26N2O. The number of anilines is 1. The minimum Gasteiger partial charge on any atom is -0.311 e. The number of pyridine rings is 1. The Kier molecular flexibility index (Phi) is 13.4. The Morgan fingerprint density at radius 3 is 2.18 bits per heavy atom. The molecule has 1 rings (SSSR count). The molecule has 0 aliphatic carbocycles. The van der Waals surface area contributed by atoms with E-state index in [1.54, 1.807) is 6.20 Å². The van der Waals surface area contributed by atoms with Crippen LogP contribution in [0.1, 0.15) is 53.5 Å². The summed E-state index contributed by atoms with van der Waals surface area (Å²) in [7, 11) is 0. The molecule has 1 amide bonds. The van der Waals surface area contributed by atoms with Gasteiger partial charge in [-0.05, 0) is 18.1 Å². The maximum absolute atomic E-state index is 10.7. The third-order valence-corrected chi connectivity index (χ3v) is 1.67. The summed E-state index contributed by atoms with van der Waals surface area (Å²) in [4.78, 5) is 14.8. The minimum atomic E-state index is -0.0873. The zero-order valence-corrected chi connectivity index (χ0v) is 12.0. The molecule has 1 aromatic heterocycles. The fourth-order valence-electron chi connectivity index (χ4n) is 1.12. The Labute approximate surface area is 106 Å². The first-order chi connectivity index (χ1) is 8.22. The standard InChI is InChI=1S/C10H14N2O.2C2H6/c1-3-4-9-5-6-10(11-7-9)12-8(2)13;2*1-2/h5-7H,3-4H2,1-2H3,(H,11,12,13);2*1-2H3. The molecule has 0 atom stereocenters. The Morgan fingerprint density at radius 2 is 1.82 bits per heavy atom. The van der Waals surface area contributed by atoms with Crippen LogP contribution in [0.25, 0.3) is 0 Å². The predicted octanol–water partition coefficient (Wildman–Crippen LogP) is 4.04. The molecule has 1 heterocycles. The van der Waals surface area contributed by atoms with Crippen molar-refractivity contribution in [2.24, 2.45) is 0 Å². The lowest BCUT2D eigenvalue weighted by atomic mass is 10.2. The minimum absolute atomic E-state index is 0.0873. The van der Waals surface area contributed by atoms with E-state index in [0.717, 1.165) is 12.8 Å². The van der Waals surface area contributed by atoms with E-state index >= 15 is 0 Å². The third kappa shape index (κ3) is 9.54. The summed E-state index contributed by atoms with van der Waals surface area (Å²) in [6.45, 7) is 11.6. The molecule has 0 bridgehead atoms. The third-order valence-electron chi connectivity index (χ3n) is 1.67. The van der Waals surface area contributed by atoms with Crippen LogP contribution < -0.4 is 5.32 Å². The second-order valence-corrected chi connectivity index (χ2v) is 2.98. The molecule has 3 heteroatoms. The van der Waals surface area contributed by atoms with Crippen LogP contribution in [-0.2, 0) is 11.2 Å². The zero-order chi connectivity index (χ0) is 13.7. The van der Waals surface area contributed by atoms with E-state index in [9.17, 15) is 4.79 Å². The molecule has 0 aromatic carbocycles. The highest BCUT2D eigenvalue weighted by Crippen LogP contribution is 2.06. The molecular weight excluding hydrogens is 212 g/mol. The average molecular weight is 238 g/mol. The maximum atomic E-state index is 10.7.